The largest absolute Gasteiger partial charge is 0.436 e. The molecule has 1 aromatic heterocycles. The number of hydrogen-bond donors (Lipinski definition) is 1. The smallest absolute Gasteiger partial charge is 0.270 e. The summed E-state index contributed by atoms with van der Waals surface area (Å²) in [5.41, 5.74) is 3.31. The van der Waals surface area contributed by atoms with Crippen molar-refractivity contribution in [2.45, 2.75) is 0 Å². The maximum Gasteiger partial charge on any atom is 0.270 e. The van der Waals surface area contributed by atoms with Crippen LogP contribution in [0.3, 0.4) is 0 Å². The van der Waals surface area contributed by atoms with Crippen LogP contribution in [0.25, 0.3) is 28.6 Å². The van der Waals surface area contributed by atoms with Gasteiger partial charge < -0.3 is 9.73 Å². The molecule has 1 N–H and O–H groups in total. The van der Waals surface area contributed by atoms with Crippen molar-refractivity contribution in [3.05, 3.63) is 94.6 Å². The van der Waals surface area contributed by atoms with Crippen molar-refractivity contribution in [3.63, 3.8) is 0 Å². The van der Waals surface area contributed by atoms with Gasteiger partial charge in [-0.05, 0) is 42.0 Å². The number of aromatic nitrogens is 1. The molecule has 0 radical (unpaired) electrons. The molecule has 142 valence electrons. The van der Waals surface area contributed by atoms with Gasteiger partial charge in [-0.15, -0.1) is 0 Å². The standard InChI is InChI=1S/C22H15N3O4/c26-21(12-11-15-5-3-8-18(13-15)25(27)28)23-17-7-4-6-16(14-17)22-24-19-9-1-2-10-20(19)29-22/h1-14H,(H,23,26)/b12-11+. The van der Waals surface area contributed by atoms with Crippen LogP contribution in [0.15, 0.2) is 83.3 Å². The van der Waals surface area contributed by atoms with E-state index in [0.717, 1.165) is 11.1 Å². The number of fused-ring (bicyclic) bond motifs is 1. The molecule has 29 heavy (non-hydrogen) atoms. The number of non-ortho nitro benzene ring substituents is 1. The van der Waals surface area contributed by atoms with E-state index in [4.69, 9.17) is 4.42 Å². The van der Waals surface area contributed by atoms with Gasteiger partial charge in [-0.3, -0.25) is 14.9 Å². The van der Waals surface area contributed by atoms with E-state index >= 15 is 0 Å². The Morgan fingerprint density at radius 2 is 1.86 bits per heavy atom. The summed E-state index contributed by atoms with van der Waals surface area (Å²) in [5, 5.41) is 13.6. The fourth-order valence-corrected chi connectivity index (χ4v) is 2.82. The second-order valence-corrected chi connectivity index (χ2v) is 6.24. The molecule has 0 atom stereocenters. The van der Waals surface area contributed by atoms with Crippen LogP contribution < -0.4 is 5.32 Å². The van der Waals surface area contributed by atoms with Crippen LogP contribution in [0.2, 0.25) is 0 Å². The number of nitro benzene ring substituents is 1. The van der Waals surface area contributed by atoms with Crippen LogP contribution in [0, 0.1) is 10.1 Å². The predicted octanol–water partition coefficient (Wildman–Crippen LogP) is 5.05. The summed E-state index contributed by atoms with van der Waals surface area (Å²) < 4.78 is 5.76. The third kappa shape index (κ3) is 4.19. The van der Waals surface area contributed by atoms with Crippen molar-refractivity contribution in [2.24, 2.45) is 0 Å². The zero-order valence-corrected chi connectivity index (χ0v) is 15.1. The van der Waals surface area contributed by atoms with Crippen LogP contribution >= 0.6 is 0 Å². The number of benzene rings is 3. The molecule has 0 aliphatic heterocycles. The molecule has 0 bridgehead atoms. The number of anilines is 1. The lowest BCUT2D eigenvalue weighted by molar-refractivity contribution is -0.384. The molecule has 0 spiro atoms. The molecular weight excluding hydrogens is 370 g/mol. The molecule has 0 aliphatic carbocycles. The van der Waals surface area contributed by atoms with Gasteiger partial charge >= 0.3 is 0 Å². The zero-order chi connectivity index (χ0) is 20.2. The molecule has 7 heteroatoms. The van der Waals surface area contributed by atoms with Gasteiger partial charge in [0.15, 0.2) is 5.58 Å². The first-order valence-electron chi connectivity index (χ1n) is 8.78. The number of nitrogens with zero attached hydrogens (tertiary/aromatic N) is 2. The van der Waals surface area contributed by atoms with Gasteiger partial charge in [0.25, 0.3) is 5.69 Å². The Morgan fingerprint density at radius 3 is 2.69 bits per heavy atom. The number of amides is 1. The van der Waals surface area contributed by atoms with Gasteiger partial charge in [0.2, 0.25) is 11.8 Å². The molecule has 4 aromatic rings. The Bertz CT molecular complexity index is 1210. The zero-order valence-electron chi connectivity index (χ0n) is 15.1. The van der Waals surface area contributed by atoms with Crippen molar-refractivity contribution in [2.75, 3.05) is 5.32 Å². The van der Waals surface area contributed by atoms with E-state index in [2.05, 4.69) is 10.3 Å². The summed E-state index contributed by atoms with van der Waals surface area (Å²) in [6.07, 6.45) is 2.85. The minimum atomic E-state index is -0.477. The van der Waals surface area contributed by atoms with Crippen LogP contribution in [0.5, 0.6) is 0 Å². The van der Waals surface area contributed by atoms with Crippen molar-refractivity contribution in [3.8, 4) is 11.5 Å². The third-order valence-electron chi connectivity index (χ3n) is 4.18. The Kier molecular flexibility index (Phi) is 4.86. The van der Waals surface area contributed by atoms with E-state index in [1.807, 2.05) is 30.3 Å². The molecule has 0 saturated carbocycles. The monoisotopic (exact) mass is 385 g/mol. The minimum absolute atomic E-state index is 0.0291. The molecule has 1 heterocycles. The normalized spacial score (nSPS) is 11.0. The quantitative estimate of drug-likeness (QED) is 0.294. The highest BCUT2D eigenvalue weighted by Crippen LogP contribution is 2.26. The molecular formula is C22H15N3O4. The number of nitro groups is 1. The van der Waals surface area contributed by atoms with Crippen LogP contribution in [0.4, 0.5) is 11.4 Å². The summed E-state index contributed by atoms with van der Waals surface area (Å²) in [7, 11) is 0. The summed E-state index contributed by atoms with van der Waals surface area (Å²) in [6.45, 7) is 0. The molecule has 0 aliphatic rings. The average molecular weight is 385 g/mol. The topological polar surface area (TPSA) is 98.3 Å². The van der Waals surface area contributed by atoms with Gasteiger partial charge in [0.05, 0.1) is 4.92 Å². The first-order valence-corrected chi connectivity index (χ1v) is 8.78. The molecule has 4 rings (SSSR count). The number of carbonyl (C=O) groups excluding carboxylic acids is 1. The number of rotatable bonds is 5. The van der Waals surface area contributed by atoms with Crippen molar-refractivity contribution in [1.29, 1.82) is 0 Å². The summed E-state index contributed by atoms with van der Waals surface area (Å²) >= 11 is 0. The van der Waals surface area contributed by atoms with Crippen molar-refractivity contribution in [1.82, 2.24) is 4.98 Å². The van der Waals surface area contributed by atoms with Crippen LogP contribution in [-0.2, 0) is 4.79 Å². The molecule has 3 aromatic carbocycles. The Morgan fingerprint density at radius 1 is 1.03 bits per heavy atom. The number of para-hydroxylation sites is 2. The highest BCUT2D eigenvalue weighted by Gasteiger charge is 2.09. The van der Waals surface area contributed by atoms with Crippen LogP contribution in [0.1, 0.15) is 5.56 Å². The van der Waals surface area contributed by atoms with Gasteiger partial charge in [-0.1, -0.05) is 30.3 Å². The van der Waals surface area contributed by atoms with E-state index in [0.29, 0.717) is 22.7 Å². The third-order valence-corrected chi connectivity index (χ3v) is 4.18. The van der Waals surface area contributed by atoms with E-state index in [1.54, 1.807) is 30.3 Å². The lowest BCUT2D eigenvalue weighted by Crippen LogP contribution is -2.07. The second kappa shape index (κ2) is 7.77. The first-order chi connectivity index (χ1) is 14.1. The molecule has 0 unspecified atom stereocenters. The van der Waals surface area contributed by atoms with E-state index in [9.17, 15) is 14.9 Å². The summed E-state index contributed by atoms with van der Waals surface area (Å²) in [6, 6.07) is 20.7. The minimum Gasteiger partial charge on any atom is -0.436 e. The average Bonchev–Trinajstić information content (AvgIpc) is 3.17. The van der Waals surface area contributed by atoms with Gasteiger partial charge in [0.1, 0.15) is 5.52 Å². The van der Waals surface area contributed by atoms with Crippen LogP contribution in [-0.4, -0.2) is 15.8 Å². The fraction of sp³-hybridized carbons (Fsp3) is 0. The van der Waals surface area contributed by atoms with Crippen molar-refractivity contribution >= 4 is 34.5 Å². The molecule has 0 fully saturated rings. The first kappa shape index (κ1) is 18.1. The van der Waals surface area contributed by atoms with Crippen molar-refractivity contribution < 1.29 is 14.1 Å². The maximum absolute atomic E-state index is 12.2. The Labute approximate surface area is 165 Å². The maximum atomic E-state index is 12.2. The number of nitrogens with one attached hydrogen (secondary N) is 1. The lowest BCUT2D eigenvalue weighted by Gasteiger charge is -2.03. The van der Waals surface area contributed by atoms with E-state index < -0.39 is 4.92 Å². The Hall–Kier alpha value is -4.26. The number of carbonyl (C=O) groups is 1. The predicted molar refractivity (Wildman–Crippen MR) is 110 cm³/mol. The van der Waals surface area contributed by atoms with Gasteiger partial charge in [0, 0.05) is 29.5 Å². The lowest BCUT2D eigenvalue weighted by atomic mass is 10.2. The number of hydrogen-bond acceptors (Lipinski definition) is 5. The Balaban J connectivity index is 1.49. The molecule has 7 nitrogen and oxygen atoms in total. The van der Waals surface area contributed by atoms with E-state index in [1.165, 1.54) is 24.3 Å². The molecule has 0 saturated heterocycles. The summed E-state index contributed by atoms with van der Waals surface area (Å²) in [5.74, 6) is 0.112. The number of oxazole rings is 1. The molecule has 1 amide bonds. The SMILES string of the molecule is O=C(/C=C/c1cccc([N+](=O)[O-])c1)Nc1cccc(-c2nc3ccccc3o2)c1. The van der Waals surface area contributed by atoms with E-state index in [-0.39, 0.29) is 11.6 Å². The second-order valence-electron chi connectivity index (χ2n) is 6.24. The summed E-state index contributed by atoms with van der Waals surface area (Å²) in [4.78, 5) is 27.0. The highest BCUT2D eigenvalue weighted by atomic mass is 16.6. The van der Waals surface area contributed by atoms with Gasteiger partial charge in [-0.25, -0.2) is 4.98 Å². The highest BCUT2D eigenvalue weighted by molar-refractivity contribution is 6.02. The fourth-order valence-electron chi connectivity index (χ4n) is 2.82. The van der Waals surface area contributed by atoms with Gasteiger partial charge in [-0.2, -0.15) is 0 Å².